The van der Waals surface area contributed by atoms with Gasteiger partial charge in [0.15, 0.2) is 0 Å². The van der Waals surface area contributed by atoms with Gasteiger partial charge >= 0.3 is 0 Å². The second-order valence-corrected chi connectivity index (χ2v) is 11.5. The number of carbonyl (C=O) groups is 5. The van der Waals surface area contributed by atoms with Crippen LogP contribution in [0.2, 0.25) is 0 Å². The molecule has 4 unspecified atom stereocenters. The van der Waals surface area contributed by atoms with Crippen molar-refractivity contribution in [3.63, 3.8) is 0 Å². The Morgan fingerprint density at radius 3 is 1.98 bits per heavy atom. The zero-order valence-corrected chi connectivity index (χ0v) is 26.1. The molecule has 3 N–H and O–H groups in total. The number of hydrogen-bond donors (Lipinski definition) is 3. The van der Waals surface area contributed by atoms with Crippen LogP contribution in [0.4, 0.5) is 0 Å². The largest absolute Gasteiger partial charge is 0.345 e. The van der Waals surface area contributed by atoms with Crippen molar-refractivity contribution in [1.29, 1.82) is 0 Å². The van der Waals surface area contributed by atoms with Crippen LogP contribution in [0.3, 0.4) is 0 Å². The lowest BCUT2D eigenvalue weighted by Gasteiger charge is -2.28. The van der Waals surface area contributed by atoms with E-state index >= 15 is 0 Å². The topological polar surface area (TPSA) is 125 Å². The van der Waals surface area contributed by atoms with Gasteiger partial charge in [0, 0.05) is 13.0 Å². The lowest BCUT2D eigenvalue weighted by atomic mass is 10.1. The third-order valence-electron chi connectivity index (χ3n) is 7.58. The van der Waals surface area contributed by atoms with Gasteiger partial charge in [0.05, 0.1) is 6.04 Å². The number of likely N-dealkylation sites (tertiary alicyclic amines) is 1. The molecule has 1 heterocycles. The third kappa shape index (κ3) is 15.8. The summed E-state index contributed by atoms with van der Waals surface area (Å²) in [6, 6.07) is -2.91. The normalized spacial score (nSPS) is 17.2. The molecule has 1 aliphatic heterocycles. The first kappa shape index (κ1) is 36.3. The number of amides is 4. The van der Waals surface area contributed by atoms with Crippen LogP contribution in [-0.4, -0.2) is 65.5 Å². The highest BCUT2D eigenvalue weighted by Crippen LogP contribution is 2.19. The van der Waals surface area contributed by atoms with E-state index in [1.807, 2.05) is 0 Å². The van der Waals surface area contributed by atoms with Crippen molar-refractivity contribution in [3.8, 4) is 0 Å². The molecule has 0 aliphatic carbocycles. The summed E-state index contributed by atoms with van der Waals surface area (Å²) in [5.74, 6) is -1.35. The van der Waals surface area contributed by atoms with E-state index < -0.39 is 30.1 Å². The standard InChI is InChI=1S/C32H56N4O5/c1-5-6-7-8-9-10-11-12-13-14-15-16-17-18-19-22-29(38)34-26(3)30(39)35-27(4)32(41)36-23-20-21-28(36)31(40)33-25(2)24-37/h12-13,24-28H,5-11,14-23H2,1-4H3,(H,33,40)(H,34,38)(H,35,39)/b13-12-. The van der Waals surface area contributed by atoms with Gasteiger partial charge in [-0.25, -0.2) is 0 Å². The summed E-state index contributed by atoms with van der Waals surface area (Å²) in [7, 11) is 0. The molecular weight excluding hydrogens is 520 g/mol. The van der Waals surface area contributed by atoms with E-state index in [2.05, 4.69) is 35.0 Å². The van der Waals surface area contributed by atoms with Gasteiger partial charge in [0.2, 0.25) is 23.6 Å². The fourth-order valence-corrected chi connectivity index (χ4v) is 5.04. The average molecular weight is 577 g/mol. The van der Waals surface area contributed by atoms with Crippen molar-refractivity contribution < 1.29 is 24.0 Å². The molecule has 1 fully saturated rings. The first-order valence-electron chi connectivity index (χ1n) is 16.0. The van der Waals surface area contributed by atoms with Gasteiger partial charge in [-0.1, -0.05) is 70.4 Å². The molecule has 0 aromatic heterocycles. The lowest BCUT2D eigenvalue weighted by molar-refractivity contribution is -0.141. The number of carbonyl (C=O) groups excluding carboxylic acids is 5. The first-order chi connectivity index (χ1) is 19.7. The SMILES string of the molecule is CCCCCCCC/C=C\CCCCCCCC(=O)NC(C)C(=O)NC(C)C(=O)N1CCCC1C(=O)NC(C)C=O. The summed E-state index contributed by atoms with van der Waals surface area (Å²) in [5, 5.41) is 7.96. The van der Waals surface area contributed by atoms with Gasteiger partial charge in [-0.15, -0.1) is 0 Å². The van der Waals surface area contributed by atoms with Crippen LogP contribution in [0.15, 0.2) is 12.2 Å². The van der Waals surface area contributed by atoms with Crippen molar-refractivity contribution in [2.75, 3.05) is 6.54 Å². The van der Waals surface area contributed by atoms with Crippen molar-refractivity contribution in [3.05, 3.63) is 12.2 Å². The highest BCUT2D eigenvalue weighted by molar-refractivity contribution is 5.94. The zero-order valence-electron chi connectivity index (χ0n) is 26.1. The molecule has 0 bridgehead atoms. The molecule has 1 aliphatic rings. The molecule has 0 radical (unpaired) electrons. The Kier molecular flexibility index (Phi) is 19.5. The van der Waals surface area contributed by atoms with Crippen molar-refractivity contribution in [2.45, 2.75) is 155 Å². The molecule has 9 nitrogen and oxygen atoms in total. The predicted molar refractivity (Wildman–Crippen MR) is 163 cm³/mol. The van der Waals surface area contributed by atoms with Crippen molar-refractivity contribution >= 4 is 29.9 Å². The van der Waals surface area contributed by atoms with Crippen LogP contribution in [-0.2, 0) is 24.0 Å². The van der Waals surface area contributed by atoms with Crippen molar-refractivity contribution in [1.82, 2.24) is 20.9 Å². The summed E-state index contributed by atoms with van der Waals surface area (Å²) >= 11 is 0. The third-order valence-corrected chi connectivity index (χ3v) is 7.58. The number of aldehydes is 1. The van der Waals surface area contributed by atoms with Gasteiger partial charge < -0.3 is 25.6 Å². The Morgan fingerprint density at radius 1 is 0.780 bits per heavy atom. The Balaban J connectivity index is 2.18. The highest BCUT2D eigenvalue weighted by Gasteiger charge is 2.37. The number of unbranched alkanes of at least 4 members (excludes halogenated alkanes) is 11. The second kappa shape index (κ2) is 22.0. The summed E-state index contributed by atoms with van der Waals surface area (Å²) < 4.78 is 0. The van der Waals surface area contributed by atoms with Crippen LogP contribution in [0, 0.1) is 0 Å². The molecule has 9 heteroatoms. The summed E-state index contributed by atoms with van der Waals surface area (Å²) in [6.45, 7) is 7.39. The van der Waals surface area contributed by atoms with Crippen LogP contribution in [0.25, 0.3) is 0 Å². The van der Waals surface area contributed by atoms with Gasteiger partial charge in [-0.05, 0) is 65.7 Å². The molecule has 234 valence electrons. The molecule has 1 rings (SSSR count). The molecule has 1 saturated heterocycles. The number of nitrogens with one attached hydrogen (secondary N) is 3. The Labute approximate surface area is 248 Å². The number of hydrogen-bond acceptors (Lipinski definition) is 5. The monoisotopic (exact) mass is 576 g/mol. The van der Waals surface area contributed by atoms with E-state index in [0.29, 0.717) is 32.1 Å². The maximum atomic E-state index is 12.9. The van der Waals surface area contributed by atoms with Crippen LogP contribution >= 0.6 is 0 Å². The molecule has 4 atom stereocenters. The minimum Gasteiger partial charge on any atom is -0.345 e. The van der Waals surface area contributed by atoms with E-state index in [4.69, 9.17) is 0 Å². The molecule has 0 spiro atoms. The van der Waals surface area contributed by atoms with Gasteiger partial charge in [0.1, 0.15) is 24.4 Å². The number of rotatable bonds is 22. The van der Waals surface area contributed by atoms with Crippen LogP contribution in [0.5, 0.6) is 0 Å². The Bertz CT molecular complexity index is 831. The van der Waals surface area contributed by atoms with Crippen molar-refractivity contribution in [2.24, 2.45) is 0 Å². The van der Waals surface area contributed by atoms with E-state index in [9.17, 15) is 24.0 Å². The number of allylic oxidation sites excluding steroid dienone is 2. The fraction of sp³-hybridized carbons (Fsp3) is 0.781. The van der Waals surface area contributed by atoms with E-state index in [1.165, 1.54) is 56.3 Å². The molecule has 41 heavy (non-hydrogen) atoms. The predicted octanol–water partition coefficient (Wildman–Crippen LogP) is 4.73. The maximum Gasteiger partial charge on any atom is 0.245 e. The van der Waals surface area contributed by atoms with E-state index in [-0.39, 0.29) is 17.7 Å². The molecule has 0 aromatic rings. The van der Waals surface area contributed by atoms with Gasteiger partial charge in [-0.2, -0.15) is 0 Å². The molecule has 0 saturated carbocycles. The zero-order chi connectivity index (χ0) is 30.5. The minimum absolute atomic E-state index is 0.176. The van der Waals surface area contributed by atoms with Gasteiger partial charge in [-0.3, -0.25) is 19.2 Å². The maximum absolute atomic E-state index is 12.9. The summed E-state index contributed by atoms with van der Waals surface area (Å²) in [4.78, 5) is 62.6. The van der Waals surface area contributed by atoms with Crippen LogP contribution in [0.1, 0.15) is 130 Å². The highest BCUT2D eigenvalue weighted by atomic mass is 16.2. The Hall–Kier alpha value is -2.71. The Morgan fingerprint density at radius 2 is 1.37 bits per heavy atom. The quantitative estimate of drug-likeness (QED) is 0.0977. The molecule has 4 amide bonds. The summed E-state index contributed by atoms with van der Waals surface area (Å²) in [6.07, 6.45) is 22.3. The summed E-state index contributed by atoms with van der Waals surface area (Å²) in [5.41, 5.74) is 0. The fourth-order valence-electron chi connectivity index (χ4n) is 5.04. The van der Waals surface area contributed by atoms with Crippen LogP contribution < -0.4 is 16.0 Å². The average Bonchev–Trinajstić information content (AvgIpc) is 3.44. The molecule has 0 aromatic carbocycles. The van der Waals surface area contributed by atoms with Gasteiger partial charge in [0.25, 0.3) is 0 Å². The smallest absolute Gasteiger partial charge is 0.245 e. The second-order valence-electron chi connectivity index (χ2n) is 11.5. The first-order valence-corrected chi connectivity index (χ1v) is 16.0. The number of nitrogens with zero attached hydrogens (tertiary/aromatic N) is 1. The lowest BCUT2D eigenvalue weighted by Crippen LogP contribution is -2.55. The molecular formula is C32H56N4O5. The van der Waals surface area contributed by atoms with E-state index in [0.717, 1.165) is 32.1 Å². The minimum atomic E-state index is -0.843. The van der Waals surface area contributed by atoms with E-state index in [1.54, 1.807) is 20.8 Å².